The summed E-state index contributed by atoms with van der Waals surface area (Å²) in [4.78, 5) is 28.2. The molecule has 0 radical (unpaired) electrons. The van der Waals surface area contributed by atoms with Crippen LogP contribution in [0.15, 0.2) is 42.9 Å². The molecular weight excluding hydrogens is 322 g/mol. The number of carbonyl (C=O) groups is 2. The van der Waals surface area contributed by atoms with E-state index >= 15 is 0 Å². The van der Waals surface area contributed by atoms with Crippen molar-refractivity contribution in [1.82, 2.24) is 14.5 Å². The highest BCUT2D eigenvalue weighted by Crippen LogP contribution is 2.16. The maximum atomic E-state index is 11.6. The average Bonchev–Trinajstić information content (AvgIpc) is 3.02. The van der Waals surface area contributed by atoms with E-state index in [1.807, 2.05) is 48.7 Å². The molecule has 0 aliphatic carbocycles. The SMILES string of the molecule is CC(C)CC(C(=O)O)N(CCc1cncn1-c1ccccc1)C(=O)O. The lowest BCUT2D eigenvalue weighted by molar-refractivity contribution is -0.143. The second-order valence-corrected chi connectivity index (χ2v) is 6.30. The molecule has 2 aromatic rings. The molecule has 7 nitrogen and oxygen atoms in total. The normalized spacial score (nSPS) is 12.1. The zero-order valence-electron chi connectivity index (χ0n) is 14.4. The first-order valence-electron chi connectivity index (χ1n) is 8.19. The third kappa shape index (κ3) is 4.82. The third-order valence-corrected chi connectivity index (χ3v) is 3.96. The Morgan fingerprint density at radius 2 is 1.88 bits per heavy atom. The van der Waals surface area contributed by atoms with Gasteiger partial charge >= 0.3 is 12.1 Å². The van der Waals surface area contributed by atoms with Crippen LogP contribution < -0.4 is 0 Å². The lowest BCUT2D eigenvalue weighted by Gasteiger charge is -2.27. The van der Waals surface area contributed by atoms with Crippen molar-refractivity contribution in [1.29, 1.82) is 0 Å². The summed E-state index contributed by atoms with van der Waals surface area (Å²) in [6.07, 6.45) is 2.77. The molecule has 0 spiro atoms. The fraction of sp³-hybridized carbons (Fsp3) is 0.389. The standard InChI is InChI=1S/C18H23N3O4/c1-13(2)10-16(17(22)23)20(18(24)25)9-8-15-11-19-12-21(15)14-6-4-3-5-7-14/h3-7,11-13,16H,8-10H2,1-2H3,(H,22,23)(H,24,25). The Morgan fingerprint density at radius 1 is 1.20 bits per heavy atom. The minimum atomic E-state index is -1.22. The van der Waals surface area contributed by atoms with Crippen LogP contribution in [-0.2, 0) is 11.2 Å². The Kier molecular flexibility index (Phi) is 6.16. The zero-order valence-corrected chi connectivity index (χ0v) is 14.4. The summed E-state index contributed by atoms with van der Waals surface area (Å²) in [5.74, 6) is -1.04. The van der Waals surface area contributed by atoms with Gasteiger partial charge in [0.2, 0.25) is 0 Å². The lowest BCUT2D eigenvalue weighted by atomic mass is 10.0. The molecular formula is C18H23N3O4. The van der Waals surface area contributed by atoms with Gasteiger partial charge in [-0.15, -0.1) is 0 Å². The van der Waals surface area contributed by atoms with E-state index in [1.165, 1.54) is 0 Å². The van der Waals surface area contributed by atoms with Gasteiger partial charge in [-0.1, -0.05) is 32.0 Å². The minimum Gasteiger partial charge on any atom is -0.480 e. The van der Waals surface area contributed by atoms with Gasteiger partial charge < -0.3 is 14.8 Å². The maximum absolute atomic E-state index is 11.6. The molecule has 1 amide bonds. The average molecular weight is 345 g/mol. The minimum absolute atomic E-state index is 0.0813. The molecule has 1 heterocycles. The molecule has 0 aliphatic heterocycles. The number of carboxylic acid groups (broad SMARTS) is 2. The first-order valence-corrected chi connectivity index (χ1v) is 8.19. The molecule has 25 heavy (non-hydrogen) atoms. The lowest BCUT2D eigenvalue weighted by Crippen LogP contribution is -2.46. The smallest absolute Gasteiger partial charge is 0.408 e. The van der Waals surface area contributed by atoms with Crippen molar-refractivity contribution in [3.8, 4) is 5.69 Å². The van der Waals surface area contributed by atoms with Gasteiger partial charge in [-0.3, -0.25) is 4.90 Å². The highest BCUT2D eigenvalue weighted by Gasteiger charge is 2.30. The van der Waals surface area contributed by atoms with E-state index in [4.69, 9.17) is 0 Å². The van der Waals surface area contributed by atoms with Crippen LogP contribution in [0.2, 0.25) is 0 Å². The van der Waals surface area contributed by atoms with Gasteiger partial charge in [-0.25, -0.2) is 14.6 Å². The topological polar surface area (TPSA) is 95.7 Å². The Bertz CT molecular complexity index is 712. The Labute approximate surface area is 146 Å². The molecule has 0 fully saturated rings. The molecule has 0 bridgehead atoms. The highest BCUT2D eigenvalue weighted by atomic mass is 16.4. The number of benzene rings is 1. The van der Waals surface area contributed by atoms with Crippen molar-refractivity contribution in [2.45, 2.75) is 32.7 Å². The number of aromatic nitrogens is 2. The van der Waals surface area contributed by atoms with Crippen LogP contribution in [-0.4, -0.2) is 49.3 Å². The van der Waals surface area contributed by atoms with Gasteiger partial charge in [0, 0.05) is 30.5 Å². The molecule has 0 saturated carbocycles. The summed E-state index contributed by atoms with van der Waals surface area (Å²) in [6.45, 7) is 3.85. The van der Waals surface area contributed by atoms with E-state index in [-0.39, 0.29) is 18.9 Å². The van der Waals surface area contributed by atoms with Crippen molar-refractivity contribution in [2.75, 3.05) is 6.54 Å². The number of rotatable bonds is 8. The van der Waals surface area contributed by atoms with Gasteiger partial charge in [0.05, 0.1) is 6.33 Å². The van der Waals surface area contributed by atoms with Crippen LogP contribution in [0.1, 0.15) is 26.0 Å². The van der Waals surface area contributed by atoms with Gasteiger partial charge in [0.1, 0.15) is 6.04 Å². The Hall–Kier alpha value is -2.83. The first-order chi connectivity index (χ1) is 11.9. The van der Waals surface area contributed by atoms with Crippen LogP contribution >= 0.6 is 0 Å². The molecule has 134 valence electrons. The summed E-state index contributed by atoms with van der Waals surface area (Å²) < 4.78 is 1.87. The number of para-hydroxylation sites is 1. The summed E-state index contributed by atoms with van der Waals surface area (Å²) in [5.41, 5.74) is 1.75. The zero-order chi connectivity index (χ0) is 18.4. The van der Waals surface area contributed by atoms with E-state index in [2.05, 4.69) is 4.98 Å². The summed E-state index contributed by atoms with van der Waals surface area (Å²) in [6, 6.07) is 8.54. The number of carboxylic acids is 1. The Morgan fingerprint density at radius 3 is 2.44 bits per heavy atom. The van der Waals surface area contributed by atoms with Crippen LogP contribution in [0.3, 0.4) is 0 Å². The maximum Gasteiger partial charge on any atom is 0.408 e. The van der Waals surface area contributed by atoms with Crippen molar-refractivity contribution in [3.05, 3.63) is 48.5 Å². The number of imidazole rings is 1. The molecule has 1 unspecified atom stereocenters. The van der Waals surface area contributed by atoms with E-state index in [9.17, 15) is 19.8 Å². The van der Waals surface area contributed by atoms with Crippen molar-refractivity contribution >= 4 is 12.1 Å². The number of nitrogens with zero attached hydrogens (tertiary/aromatic N) is 3. The highest BCUT2D eigenvalue weighted by molar-refractivity contribution is 5.79. The van der Waals surface area contributed by atoms with Gasteiger partial charge in [-0.05, 0) is 24.5 Å². The number of hydrogen-bond acceptors (Lipinski definition) is 3. The second kappa shape index (κ2) is 8.32. The summed E-state index contributed by atoms with van der Waals surface area (Å²) in [7, 11) is 0. The molecule has 7 heteroatoms. The predicted octanol–water partition coefficient (Wildman–Crippen LogP) is 2.89. The predicted molar refractivity (Wildman–Crippen MR) is 92.9 cm³/mol. The van der Waals surface area contributed by atoms with Crippen LogP contribution in [0, 0.1) is 5.92 Å². The van der Waals surface area contributed by atoms with E-state index in [1.54, 1.807) is 12.5 Å². The van der Waals surface area contributed by atoms with E-state index in [0.29, 0.717) is 6.42 Å². The Balaban J connectivity index is 2.16. The second-order valence-electron chi connectivity index (χ2n) is 6.30. The van der Waals surface area contributed by atoms with E-state index in [0.717, 1.165) is 16.3 Å². The van der Waals surface area contributed by atoms with Crippen molar-refractivity contribution < 1.29 is 19.8 Å². The van der Waals surface area contributed by atoms with Crippen LogP contribution in [0.4, 0.5) is 4.79 Å². The number of hydrogen-bond donors (Lipinski definition) is 2. The van der Waals surface area contributed by atoms with Gasteiger partial charge in [0.15, 0.2) is 0 Å². The summed E-state index contributed by atoms with van der Waals surface area (Å²) in [5, 5.41) is 18.9. The molecule has 0 aliphatic rings. The molecule has 2 rings (SSSR count). The first kappa shape index (κ1) is 18.5. The van der Waals surface area contributed by atoms with Crippen molar-refractivity contribution in [3.63, 3.8) is 0 Å². The molecule has 0 saturated heterocycles. The van der Waals surface area contributed by atoms with Crippen molar-refractivity contribution in [2.24, 2.45) is 5.92 Å². The molecule has 1 aromatic heterocycles. The monoisotopic (exact) mass is 345 g/mol. The quantitative estimate of drug-likeness (QED) is 0.767. The van der Waals surface area contributed by atoms with Crippen LogP contribution in [0.5, 0.6) is 0 Å². The number of aliphatic carboxylic acids is 1. The largest absolute Gasteiger partial charge is 0.480 e. The summed E-state index contributed by atoms with van der Waals surface area (Å²) >= 11 is 0. The third-order valence-electron chi connectivity index (χ3n) is 3.96. The fourth-order valence-corrected chi connectivity index (χ4v) is 2.76. The molecule has 1 aromatic carbocycles. The fourth-order valence-electron chi connectivity index (χ4n) is 2.76. The molecule has 1 atom stereocenters. The van der Waals surface area contributed by atoms with Crippen LogP contribution in [0.25, 0.3) is 5.69 Å². The number of amides is 1. The molecule has 2 N–H and O–H groups in total. The van der Waals surface area contributed by atoms with E-state index < -0.39 is 18.1 Å². The van der Waals surface area contributed by atoms with Gasteiger partial charge in [0.25, 0.3) is 0 Å². The van der Waals surface area contributed by atoms with Gasteiger partial charge in [-0.2, -0.15) is 0 Å².